The molecule has 1 aliphatic heterocycles. The zero-order chi connectivity index (χ0) is 23.3. The highest BCUT2D eigenvalue weighted by Gasteiger charge is 2.37. The van der Waals surface area contributed by atoms with Gasteiger partial charge < -0.3 is 10.1 Å². The molecule has 6 heteroatoms. The molecule has 0 saturated heterocycles. The summed E-state index contributed by atoms with van der Waals surface area (Å²) in [5, 5.41) is 2.98. The monoisotopic (exact) mass is 435 g/mol. The highest BCUT2D eigenvalue weighted by atomic mass is 16.5. The van der Waals surface area contributed by atoms with E-state index in [0.29, 0.717) is 30.3 Å². The summed E-state index contributed by atoms with van der Waals surface area (Å²) in [7, 11) is 3.67. The standard InChI is InChI=1S/C26H33N3O3/c1-6-32-25(30)23-22(17-28(4)16-19-10-8-7-9-11-19)29(5)26(31)27-24(23)21-14-12-20(13-15-21)18(2)3/h7-15,18,24H,6,16-17H2,1-5H3,(H,27,31). The molecule has 1 atom stereocenters. The molecule has 0 aliphatic carbocycles. The summed E-state index contributed by atoms with van der Waals surface area (Å²) in [4.78, 5) is 29.5. The van der Waals surface area contributed by atoms with Crippen LogP contribution in [-0.4, -0.2) is 49.0 Å². The van der Waals surface area contributed by atoms with E-state index in [-0.39, 0.29) is 12.6 Å². The summed E-state index contributed by atoms with van der Waals surface area (Å²) in [6, 6.07) is 17.4. The van der Waals surface area contributed by atoms with Gasteiger partial charge in [-0.05, 0) is 36.6 Å². The van der Waals surface area contributed by atoms with Gasteiger partial charge in [0, 0.05) is 25.8 Å². The van der Waals surface area contributed by atoms with Crippen LogP contribution >= 0.6 is 0 Å². The maximum Gasteiger partial charge on any atom is 0.338 e. The number of ether oxygens (including phenoxy) is 1. The van der Waals surface area contributed by atoms with Crippen molar-refractivity contribution in [3.63, 3.8) is 0 Å². The summed E-state index contributed by atoms with van der Waals surface area (Å²) in [5.74, 6) is -0.00112. The van der Waals surface area contributed by atoms with Gasteiger partial charge >= 0.3 is 12.0 Å². The minimum atomic E-state index is -0.556. The molecule has 2 amide bonds. The number of nitrogens with zero attached hydrogens (tertiary/aromatic N) is 2. The van der Waals surface area contributed by atoms with Gasteiger partial charge in [-0.2, -0.15) is 0 Å². The van der Waals surface area contributed by atoms with Crippen LogP contribution in [-0.2, 0) is 16.1 Å². The molecule has 0 radical (unpaired) electrons. The van der Waals surface area contributed by atoms with Gasteiger partial charge in [-0.1, -0.05) is 68.4 Å². The fraction of sp³-hybridized carbons (Fsp3) is 0.385. The number of nitrogens with one attached hydrogen (secondary N) is 1. The van der Waals surface area contributed by atoms with E-state index in [4.69, 9.17) is 4.74 Å². The lowest BCUT2D eigenvalue weighted by molar-refractivity contribution is -0.139. The Labute approximate surface area is 190 Å². The number of amides is 2. The third kappa shape index (κ3) is 5.37. The molecule has 1 unspecified atom stereocenters. The zero-order valence-electron chi connectivity index (χ0n) is 19.6. The van der Waals surface area contributed by atoms with Gasteiger partial charge in [0.05, 0.1) is 18.2 Å². The molecule has 1 N–H and O–H groups in total. The molecular formula is C26H33N3O3. The van der Waals surface area contributed by atoms with E-state index < -0.39 is 12.0 Å². The van der Waals surface area contributed by atoms with Gasteiger partial charge in [0.25, 0.3) is 0 Å². The topological polar surface area (TPSA) is 61.9 Å². The summed E-state index contributed by atoms with van der Waals surface area (Å²) in [6.07, 6.45) is 0. The number of esters is 1. The average molecular weight is 436 g/mol. The van der Waals surface area contributed by atoms with E-state index >= 15 is 0 Å². The van der Waals surface area contributed by atoms with Crippen LogP contribution in [0.15, 0.2) is 65.9 Å². The predicted octanol–water partition coefficient (Wildman–Crippen LogP) is 4.46. The van der Waals surface area contributed by atoms with Gasteiger partial charge in [-0.3, -0.25) is 9.80 Å². The van der Waals surface area contributed by atoms with Crippen LogP contribution < -0.4 is 5.32 Å². The van der Waals surface area contributed by atoms with Crippen molar-refractivity contribution in [1.82, 2.24) is 15.1 Å². The Morgan fingerprint density at radius 3 is 2.34 bits per heavy atom. The first-order valence-corrected chi connectivity index (χ1v) is 11.1. The third-order valence-electron chi connectivity index (χ3n) is 5.72. The Morgan fingerprint density at radius 2 is 1.75 bits per heavy atom. The minimum Gasteiger partial charge on any atom is -0.463 e. The van der Waals surface area contributed by atoms with Crippen molar-refractivity contribution in [2.75, 3.05) is 27.2 Å². The lowest BCUT2D eigenvalue weighted by Gasteiger charge is -2.36. The number of hydrogen-bond donors (Lipinski definition) is 1. The Kier molecular flexibility index (Phi) is 7.70. The second-order valence-corrected chi connectivity index (χ2v) is 8.50. The zero-order valence-corrected chi connectivity index (χ0v) is 19.6. The van der Waals surface area contributed by atoms with Crippen LogP contribution in [0, 0.1) is 0 Å². The van der Waals surface area contributed by atoms with Crippen molar-refractivity contribution in [3.05, 3.63) is 82.6 Å². The van der Waals surface area contributed by atoms with Crippen molar-refractivity contribution < 1.29 is 14.3 Å². The fourth-order valence-electron chi connectivity index (χ4n) is 3.93. The van der Waals surface area contributed by atoms with E-state index in [1.54, 1.807) is 14.0 Å². The van der Waals surface area contributed by atoms with Crippen molar-refractivity contribution in [1.29, 1.82) is 0 Å². The molecular weight excluding hydrogens is 402 g/mol. The second-order valence-electron chi connectivity index (χ2n) is 8.50. The minimum absolute atomic E-state index is 0.237. The maximum absolute atomic E-state index is 13.1. The molecule has 3 rings (SSSR count). The maximum atomic E-state index is 13.1. The first-order valence-electron chi connectivity index (χ1n) is 11.1. The Balaban J connectivity index is 1.99. The van der Waals surface area contributed by atoms with E-state index in [0.717, 1.165) is 11.1 Å². The van der Waals surface area contributed by atoms with Crippen molar-refractivity contribution in [2.45, 2.75) is 39.3 Å². The number of carbonyl (C=O) groups is 2. The summed E-state index contributed by atoms with van der Waals surface area (Å²) in [6.45, 7) is 7.47. The molecule has 0 bridgehead atoms. The molecule has 6 nitrogen and oxygen atoms in total. The summed E-state index contributed by atoms with van der Waals surface area (Å²) < 4.78 is 5.42. The van der Waals surface area contributed by atoms with E-state index in [2.05, 4.69) is 48.3 Å². The largest absolute Gasteiger partial charge is 0.463 e. The van der Waals surface area contributed by atoms with Gasteiger partial charge in [0.1, 0.15) is 0 Å². The van der Waals surface area contributed by atoms with Gasteiger partial charge in [-0.15, -0.1) is 0 Å². The Bertz CT molecular complexity index is 968. The molecule has 0 aromatic heterocycles. The quantitative estimate of drug-likeness (QED) is 0.622. The van der Waals surface area contributed by atoms with Gasteiger partial charge in [-0.25, -0.2) is 9.59 Å². The van der Waals surface area contributed by atoms with Gasteiger partial charge in [0.15, 0.2) is 0 Å². The fourth-order valence-corrected chi connectivity index (χ4v) is 3.93. The molecule has 170 valence electrons. The third-order valence-corrected chi connectivity index (χ3v) is 5.72. The smallest absolute Gasteiger partial charge is 0.338 e. The number of benzene rings is 2. The highest BCUT2D eigenvalue weighted by Crippen LogP contribution is 2.32. The second kappa shape index (κ2) is 10.5. The van der Waals surface area contributed by atoms with E-state index in [1.807, 2.05) is 37.4 Å². The molecule has 2 aromatic rings. The molecule has 32 heavy (non-hydrogen) atoms. The average Bonchev–Trinajstić information content (AvgIpc) is 2.77. The number of urea groups is 1. The summed E-state index contributed by atoms with van der Waals surface area (Å²) in [5.41, 5.74) is 4.37. The molecule has 2 aromatic carbocycles. The first-order chi connectivity index (χ1) is 15.3. The van der Waals surface area contributed by atoms with E-state index in [1.165, 1.54) is 10.5 Å². The molecule has 0 saturated carbocycles. The van der Waals surface area contributed by atoms with Crippen LogP contribution in [0.25, 0.3) is 0 Å². The number of likely N-dealkylation sites (N-methyl/N-ethyl adjacent to an activating group) is 2. The number of hydrogen-bond acceptors (Lipinski definition) is 4. The lowest BCUT2D eigenvalue weighted by atomic mass is 9.92. The van der Waals surface area contributed by atoms with Crippen LogP contribution in [0.1, 0.15) is 49.4 Å². The number of carbonyl (C=O) groups excluding carboxylic acids is 2. The van der Waals surface area contributed by atoms with Crippen LogP contribution in [0.4, 0.5) is 4.79 Å². The van der Waals surface area contributed by atoms with Gasteiger partial charge in [0.2, 0.25) is 0 Å². The highest BCUT2D eigenvalue weighted by molar-refractivity contribution is 5.95. The SMILES string of the molecule is CCOC(=O)C1=C(CN(C)Cc2ccccc2)N(C)C(=O)NC1c1ccc(C(C)C)cc1. The van der Waals surface area contributed by atoms with Crippen LogP contribution in [0.3, 0.4) is 0 Å². The predicted molar refractivity (Wildman–Crippen MR) is 126 cm³/mol. The van der Waals surface area contributed by atoms with Crippen molar-refractivity contribution in [2.24, 2.45) is 0 Å². The van der Waals surface area contributed by atoms with Crippen molar-refractivity contribution in [3.8, 4) is 0 Å². The lowest BCUT2D eigenvalue weighted by Crippen LogP contribution is -2.49. The van der Waals surface area contributed by atoms with Crippen LogP contribution in [0.2, 0.25) is 0 Å². The molecule has 0 spiro atoms. The first kappa shape index (κ1) is 23.5. The Hall–Kier alpha value is -3.12. The van der Waals surface area contributed by atoms with E-state index in [9.17, 15) is 9.59 Å². The normalized spacial score (nSPS) is 16.5. The molecule has 1 aliphatic rings. The molecule has 1 heterocycles. The number of rotatable bonds is 8. The Morgan fingerprint density at radius 1 is 1.09 bits per heavy atom. The van der Waals surface area contributed by atoms with Crippen molar-refractivity contribution >= 4 is 12.0 Å². The molecule has 0 fully saturated rings. The van der Waals surface area contributed by atoms with Crippen LogP contribution in [0.5, 0.6) is 0 Å². The summed E-state index contributed by atoms with van der Waals surface area (Å²) >= 11 is 0.